The minimum Gasteiger partial charge on any atom is -0.497 e. The van der Waals surface area contributed by atoms with E-state index in [4.69, 9.17) is 9.47 Å². The van der Waals surface area contributed by atoms with Gasteiger partial charge >= 0.3 is 0 Å². The summed E-state index contributed by atoms with van der Waals surface area (Å²) < 4.78 is 14.5. The highest BCUT2D eigenvalue weighted by Gasteiger charge is 2.23. The van der Waals surface area contributed by atoms with Gasteiger partial charge in [0.25, 0.3) is 0 Å². The summed E-state index contributed by atoms with van der Waals surface area (Å²) in [6, 6.07) is 5.34. The number of aliphatic hydroxyl groups is 1. The van der Waals surface area contributed by atoms with Crippen LogP contribution in [0.2, 0.25) is 0 Å². The van der Waals surface area contributed by atoms with Crippen LogP contribution in [0.25, 0.3) is 0 Å². The van der Waals surface area contributed by atoms with Crippen molar-refractivity contribution < 1.29 is 14.6 Å². The van der Waals surface area contributed by atoms with Gasteiger partial charge in [0.15, 0.2) is 0 Å². The molecule has 1 aromatic heterocycles. The molecule has 0 saturated carbocycles. The number of hydrogen-bond donors (Lipinski definition) is 1. The summed E-state index contributed by atoms with van der Waals surface area (Å²) in [6.07, 6.45) is -0.822. The average Bonchev–Trinajstić information content (AvgIpc) is 2.95. The first-order valence-electron chi connectivity index (χ1n) is 6.30. The second-order valence-corrected chi connectivity index (χ2v) is 5.47. The summed E-state index contributed by atoms with van der Waals surface area (Å²) in [4.78, 5) is 0.742. The van der Waals surface area contributed by atoms with E-state index in [9.17, 15) is 5.11 Å². The van der Waals surface area contributed by atoms with Crippen molar-refractivity contribution in [2.75, 3.05) is 14.2 Å². The molecule has 0 spiro atoms. The van der Waals surface area contributed by atoms with Gasteiger partial charge < -0.3 is 14.6 Å². The molecule has 6 heteroatoms. The quantitative estimate of drug-likeness (QED) is 0.918. The molecule has 0 aliphatic carbocycles. The Hall–Kier alpha value is -1.66. The van der Waals surface area contributed by atoms with Gasteiger partial charge in [-0.15, -0.1) is 5.10 Å². The molecule has 5 nitrogen and oxygen atoms in total. The van der Waals surface area contributed by atoms with Crippen LogP contribution in [0.1, 0.15) is 42.0 Å². The number of ether oxygens (including phenoxy) is 2. The lowest BCUT2D eigenvalue weighted by molar-refractivity contribution is 0.216. The molecule has 2 rings (SSSR count). The van der Waals surface area contributed by atoms with E-state index in [1.165, 1.54) is 11.5 Å². The molecule has 0 aliphatic heterocycles. The molecule has 0 aliphatic rings. The van der Waals surface area contributed by atoms with E-state index < -0.39 is 6.10 Å². The predicted molar refractivity (Wildman–Crippen MR) is 77.6 cm³/mol. The Bertz CT molecular complexity index is 584. The highest BCUT2D eigenvalue weighted by atomic mass is 32.1. The minimum atomic E-state index is -0.822. The third-order valence-electron chi connectivity index (χ3n) is 3.07. The molecule has 0 saturated heterocycles. The topological polar surface area (TPSA) is 64.5 Å². The van der Waals surface area contributed by atoms with Crippen LogP contribution < -0.4 is 9.47 Å². The minimum absolute atomic E-state index is 0.204. The van der Waals surface area contributed by atoms with Crippen molar-refractivity contribution in [1.82, 2.24) is 9.59 Å². The molecule has 1 N–H and O–H groups in total. The van der Waals surface area contributed by atoms with Crippen molar-refractivity contribution in [3.05, 3.63) is 34.3 Å². The largest absolute Gasteiger partial charge is 0.497 e. The Morgan fingerprint density at radius 3 is 2.55 bits per heavy atom. The van der Waals surface area contributed by atoms with Crippen molar-refractivity contribution in [2.24, 2.45) is 0 Å². The number of benzene rings is 1. The van der Waals surface area contributed by atoms with Crippen LogP contribution >= 0.6 is 11.5 Å². The number of rotatable bonds is 5. The number of hydrogen-bond acceptors (Lipinski definition) is 6. The summed E-state index contributed by atoms with van der Waals surface area (Å²) in [5.41, 5.74) is 1.46. The standard InChI is InChI=1S/C14H18N2O3S/c1-8(2)12-14(20-16-15-12)13(17)10-7-9(18-3)5-6-11(10)19-4/h5-8,13,17H,1-4H3. The molecule has 108 valence electrons. The summed E-state index contributed by atoms with van der Waals surface area (Å²) >= 11 is 1.21. The summed E-state index contributed by atoms with van der Waals surface area (Å²) in [5, 5.41) is 14.7. The van der Waals surface area contributed by atoms with Crippen molar-refractivity contribution in [2.45, 2.75) is 25.9 Å². The van der Waals surface area contributed by atoms with Gasteiger partial charge in [0.1, 0.15) is 17.6 Å². The Balaban J connectivity index is 2.46. The first-order valence-corrected chi connectivity index (χ1v) is 7.08. The number of aliphatic hydroxyl groups excluding tert-OH is 1. The third kappa shape index (κ3) is 2.76. The van der Waals surface area contributed by atoms with Crippen LogP contribution in [0.3, 0.4) is 0 Å². The molecule has 20 heavy (non-hydrogen) atoms. The summed E-state index contributed by atoms with van der Waals surface area (Å²) in [6.45, 7) is 4.05. The molecule has 1 heterocycles. The second kappa shape index (κ2) is 6.19. The normalized spacial score (nSPS) is 12.5. The lowest BCUT2D eigenvalue weighted by Gasteiger charge is -2.16. The van der Waals surface area contributed by atoms with E-state index >= 15 is 0 Å². The molecule has 2 aromatic rings. The molecule has 0 fully saturated rings. The van der Waals surface area contributed by atoms with Gasteiger partial charge in [0, 0.05) is 5.56 Å². The smallest absolute Gasteiger partial charge is 0.125 e. The molecular weight excluding hydrogens is 276 g/mol. The average molecular weight is 294 g/mol. The van der Waals surface area contributed by atoms with E-state index in [-0.39, 0.29) is 5.92 Å². The van der Waals surface area contributed by atoms with Gasteiger partial charge in [-0.3, -0.25) is 0 Å². The second-order valence-electron chi connectivity index (χ2n) is 4.69. The molecule has 0 amide bonds. The molecule has 1 unspecified atom stereocenters. The van der Waals surface area contributed by atoms with Crippen LogP contribution in [0.15, 0.2) is 18.2 Å². The van der Waals surface area contributed by atoms with Crippen molar-refractivity contribution in [1.29, 1.82) is 0 Å². The van der Waals surface area contributed by atoms with E-state index in [0.717, 1.165) is 10.6 Å². The monoisotopic (exact) mass is 294 g/mol. The lowest BCUT2D eigenvalue weighted by atomic mass is 10.0. The third-order valence-corrected chi connectivity index (χ3v) is 3.86. The first kappa shape index (κ1) is 14.7. The molecule has 0 bridgehead atoms. The van der Waals surface area contributed by atoms with Crippen molar-refractivity contribution >= 4 is 11.5 Å². The summed E-state index contributed by atoms with van der Waals surface area (Å²) in [5.74, 6) is 1.49. The summed E-state index contributed by atoms with van der Waals surface area (Å²) in [7, 11) is 3.16. The zero-order chi connectivity index (χ0) is 14.7. The number of nitrogens with zero attached hydrogens (tertiary/aromatic N) is 2. The van der Waals surface area contributed by atoms with Gasteiger partial charge in [0.2, 0.25) is 0 Å². The van der Waals surface area contributed by atoms with Crippen LogP contribution in [-0.2, 0) is 0 Å². The van der Waals surface area contributed by atoms with Crippen LogP contribution in [0.4, 0.5) is 0 Å². The van der Waals surface area contributed by atoms with Crippen LogP contribution in [0.5, 0.6) is 11.5 Å². The Morgan fingerprint density at radius 2 is 1.95 bits per heavy atom. The van der Waals surface area contributed by atoms with Crippen molar-refractivity contribution in [3.8, 4) is 11.5 Å². The zero-order valence-electron chi connectivity index (χ0n) is 12.0. The molecular formula is C14H18N2O3S. The van der Waals surface area contributed by atoms with Gasteiger partial charge in [-0.05, 0) is 35.6 Å². The fourth-order valence-electron chi connectivity index (χ4n) is 1.99. The molecule has 1 atom stereocenters. The van der Waals surface area contributed by atoms with Crippen LogP contribution in [-0.4, -0.2) is 28.9 Å². The fraction of sp³-hybridized carbons (Fsp3) is 0.429. The number of methoxy groups -OCH3 is 2. The van der Waals surface area contributed by atoms with E-state index in [2.05, 4.69) is 9.59 Å². The lowest BCUT2D eigenvalue weighted by Crippen LogP contribution is -2.05. The maximum absolute atomic E-state index is 10.6. The SMILES string of the molecule is COc1ccc(OC)c(C(O)c2snnc2C(C)C)c1. The first-order chi connectivity index (χ1) is 9.58. The zero-order valence-corrected chi connectivity index (χ0v) is 12.8. The Morgan fingerprint density at radius 1 is 1.20 bits per heavy atom. The van der Waals surface area contributed by atoms with Gasteiger partial charge in [-0.2, -0.15) is 0 Å². The fourth-order valence-corrected chi connectivity index (χ4v) is 2.80. The maximum Gasteiger partial charge on any atom is 0.125 e. The highest BCUT2D eigenvalue weighted by Crippen LogP contribution is 2.36. The highest BCUT2D eigenvalue weighted by molar-refractivity contribution is 7.05. The van der Waals surface area contributed by atoms with E-state index in [1.807, 2.05) is 13.8 Å². The van der Waals surface area contributed by atoms with Crippen LogP contribution in [0, 0.1) is 0 Å². The predicted octanol–water partition coefficient (Wildman–Crippen LogP) is 2.76. The van der Waals surface area contributed by atoms with Gasteiger partial charge in [-0.1, -0.05) is 18.3 Å². The van der Waals surface area contributed by atoms with Crippen molar-refractivity contribution in [3.63, 3.8) is 0 Å². The maximum atomic E-state index is 10.6. The Labute approximate surface area is 122 Å². The number of aromatic nitrogens is 2. The molecule has 0 radical (unpaired) electrons. The molecule has 1 aromatic carbocycles. The van der Waals surface area contributed by atoms with Gasteiger partial charge in [0.05, 0.1) is 24.8 Å². The van der Waals surface area contributed by atoms with E-state index in [1.54, 1.807) is 32.4 Å². The Kier molecular flexibility index (Phi) is 4.57. The van der Waals surface area contributed by atoms with E-state index in [0.29, 0.717) is 17.1 Å². The van der Waals surface area contributed by atoms with Gasteiger partial charge in [-0.25, -0.2) is 0 Å².